The average Bonchev–Trinajstić information content (AvgIpc) is 3.19. The molecular formula is C24H27FN4O2. The molecule has 0 aliphatic carbocycles. The van der Waals surface area contributed by atoms with Crippen LogP contribution < -0.4 is 5.73 Å². The number of morpholine rings is 1. The zero-order valence-electron chi connectivity index (χ0n) is 17.8. The number of aromatic nitrogens is 1. The van der Waals surface area contributed by atoms with Crippen LogP contribution in [0, 0.1) is 5.82 Å². The Labute approximate surface area is 181 Å². The maximum Gasteiger partial charge on any atom is 0.198 e. The van der Waals surface area contributed by atoms with E-state index < -0.39 is 0 Å². The van der Waals surface area contributed by atoms with E-state index >= 15 is 0 Å². The van der Waals surface area contributed by atoms with Crippen LogP contribution in [0.2, 0.25) is 0 Å². The van der Waals surface area contributed by atoms with Crippen LogP contribution in [0.15, 0.2) is 64.1 Å². The van der Waals surface area contributed by atoms with Gasteiger partial charge in [-0.3, -0.25) is 0 Å². The number of halogens is 1. The van der Waals surface area contributed by atoms with Gasteiger partial charge in [-0.25, -0.2) is 4.39 Å². The second kappa shape index (κ2) is 9.31. The van der Waals surface area contributed by atoms with Crippen LogP contribution in [0.4, 0.5) is 10.2 Å². The maximum absolute atomic E-state index is 14.6. The van der Waals surface area contributed by atoms with Crippen LogP contribution >= 0.6 is 0 Å². The Hall–Kier alpha value is -3.19. The van der Waals surface area contributed by atoms with Gasteiger partial charge in [0.1, 0.15) is 11.6 Å². The molecule has 3 aromatic rings. The number of aryl methyl sites for hydroxylation is 2. The van der Waals surface area contributed by atoms with Gasteiger partial charge in [0.25, 0.3) is 0 Å². The number of aliphatic imine (C=N–C) groups is 1. The monoisotopic (exact) mass is 422 g/mol. The van der Waals surface area contributed by atoms with Crippen molar-refractivity contribution >= 4 is 11.8 Å². The lowest BCUT2D eigenvalue weighted by Gasteiger charge is -2.35. The minimum Gasteiger partial charge on any atom is -0.372 e. The smallest absolute Gasteiger partial charge is 0.198 e. The van der Waals surface area contributed by atoms with Crippen molar-refractivity contribution in [1.82, 2.24) is 10.1 Å². The first-order valence-corrected chi connectivity index (χ1v) is 10.5. The molecule has 1 aliphatic rings. The van der Waals surface area contributed by atoms with Gasteiger partial charge in [-0.1, -0.05) is 47.6 Å². The summed E-state index contributed by atoms with van der Waals surface area (Å²) in [5.74, 6) is 1.29. The third-order valence-corrected chi connectivity index (χ3v) is 5.30. The molecule has 0 spiro atoms. The van der Waals surface area contributed by atoms with Gasteiger partial charge >= 0.3 is 0 Å². The molecule has 1 saturated heterocycles. The molecule has 0 bridgehead atoms. The van der Waals surface area contributed by atoms with Crippen LogP contribution in [-0.4, -0.2) is 41.3 Å². The second-order valence-corrected chi connectivity index (χ2v) is 7.96. The van der Waals surface area contributed by atoms with Gasteiger partial charge in [0.2, 0.25) is 0 Å². The Kier molecular flexibility index (Phi) is 6.32. The van der Waals surface area contributed by atoms with E-state index in [0.29, 0.717) is 49.0 Å². The molecule has 2 aromatic carbocycles. The first-order valence-electron chi connectivity index (χ1n) is 10.5. The number of rotatable bonds is 5. The molecule has 2 atom stereocenters. The Balaban J connectivity index is 1.38. The lowest BCUT2D eigenvalue weighted by molar-refractivity contribution is -0.0483. The largest absolute Gasteiger partial charge is 0.372 e. The van der Waals surface area contributed by atoms with Crippen molar-refractivity contribution in [2.45, 2.75) is 38.9 Å². The zero-order valence-corrected chi connectivity index (χ0v) is 17.8. The van der Waals surface area contributed by atoms with E-state index in [0.717, 1.165) is 11.1 Å². The minimum absolute atomic E-state index is 0.0963. The van der Waals surface area contributed by atoms with Crippen LogP contribution in [0.5, 0.6) is 0 Å². The third-order valence-electron chi connectivity index (χ3n) is 5.30. The standard InChI is InChI=1S/C24H27FN4O2/c1-16-14-29(15-17(2)30-16)24(26)27-23-13-20(31-28-23)10-8-18-9-11-21(22(25)12-18)19-6-4-3-5-7-19/h3-7,9,11-13,16-17H,8,10,14-15H2,1-2H3,(H2,26,27,28). The second-order valence-electron chi connectivity index (χ2n) is 7.96. The highest BCUT2D eigenvalue weighted by molar-refractivity contribution is 5.80. The fourth-order valence-electron chi connectivity index (χ4n) is 3.86. The van der Waals surface area contributed by atoms with Crippen LogP contribution in [0.1, 0.15) is 25.2 Å². The minimum atomic E-state index is -0.228. The molecule has 162 valence electrons. The first-order chi connectivity index (χ1) is 15.0. The number of nitrogens with zero attached hydrogens (tertiary/aromatic N) is 3. The van der Waals surface area contributed by atoms with Crippen molar-refractivity contribution in [1.29, 1.82) is 0 Å². The maximum atomic E-state index is 14.6. The van der Waals surface area contributed by atoms with Gasteiger partial charge in [-0.2, -0.15) is 4.99 Å². The molecule has 2 heterocycles. The molecule has 31 heavy (non-hydrogen) atoms. The normalized spacial score (nSPS) is 19.6. The van der Waals surface area contributed by atoms with Crippen molar-refractivity contribution in [3.63, 3.8) is 0 Å². The number of hydrogen-bond donors (Lipinski definition) is 1. The molecule has 0 amide bonds. The summed E-state index contributed by atoms with van der Waals surface area (Å²) >= 11 is 0. The molecule has 1 aliphatic heterocycles. The van der Waals surface area contributed by atoms with E-state index in [1.807, 2.05) is 61.2 Å². The molecule has 1 fully saturated rings. The first kappa shape index (κ1) is 21.1. The molecule has 1 aromatic heterocycles. The third kappa shape index (κ3) is 5.30. The number of benzene rings is 2. The summed E-state index contributed by atoms with van der Waals surface area (Å²) in [6, 6.07) is 16.6. The predicted molar refractivity (Wildman–Crippen MR) is 119 cm³/mol. The SMILES string of the molecule is CC1CN(C(N)=Nc2cc(CCc3ccc(-c4ccccc4)c(F)c3)on2)CC(C)O1. The summed E-state index contributed by atoms with van der Waals surface area (Å²) in [7, 11) is 0. The van der Waals surface area contributed by atoms with E-state index in [2.05, 4.69) is 10.1 Å². The Morgan fingerprint density at radius 3 is 2.55 bits per heavy atom. The molecule has 6 nitrogen and oxygen atoms in total. The van der Waals surface area contributed by atoms with Crippen molar-refractivity contribution in [3.8, 4) is 11.1 Å². The fourth-order valence-corrected chi connectivity index (χ4v) is 3.86. The average molecular weight is 423 g/mol. The van der Waals surface area contributed by atoms with E-state index in [4.69, 9.17) is 15.0 Å². The molecular weight excluding hydrogens is 395 g/mol. The molecule has 0 radical (unpaired) electrons. The highest BCUT2D eigenvalue weighted by Crippen LogP contribution is 2.24. The summed E-state index contributed by atoms with van der Waals surface area (Å²) in [6.07, 6.45) is 1.43. The van der Waals surface area contributed by atoms with Crippen molar-refractivity contribution in [2.24, 2.45) is 10.7 Å². The van der Waals surface area contributed by atoms with Crippen molar-refractivity contribution in [3.05, 3.63) is 71.7 Å². The summed E-state index contributed by atoms with van der Waals surface area (Å²) in [6.45, 7) is 5.41. The van der Waals surface area contributed by atoms with E-state index in [9.17, 15) is 4.39 Å². The molecule has 7 heteroatoms. The van der Waals surface area contributed by atoms with Crippen LogP contribution in [-0.2, 0) is 17.6 Å². The number of ether oxygens (including phenoxy) is 1. The van der Waals surface area contributed by atoms with Gasteiger partial charge < -0.3 is 19.9 Å². The summed E-state index contributed by atoms with van der Waals surface area (Å²) < 4.78 is 25.7. The lowest BCUT2D eigenvalue weighted by atomic mass is 10.0. The quantitative estimate of drug-likeness (QED) is 0.489. The van der Waals surface area contributed by atoms with Gasteiger partial charge in [0.05, 0.1) is 12.2 Å². The molecule has 2 N–H and O–H groups in total. The zero-order chi connectivity index (χ0) is 21.8. The predicted octanol–water partition coefficient (Wildman–Crippen LogP) is 4.32. The number of guanidine groups is 1. The van der Waals surface area contributed by atoms with Gasteiger partial charge in [0, 0.05) is 31.1 Å². The summed E-state index contributed by atoms with van der Waals surface area (Å²) in [4.78, 5) is 6.38. The highest BCUT2D eigenvalue weighted by Gasteiger charge is 2.23. The van der Waals surface area contributed by atoms with Crippen molar-refractivity contribution < 1.29 is 13.7 Å². The lowest BCUT2D eigenvalue weighted by Crippen LogP contribution is -2.50. The number of hydrogen-bond acceptors (Lipinski definition) is 4. The van der Waals surface area contributed by atoms with E-state index in [-0.39, 0.29) is 18.0 Å². The van der Waals surface area contributed by atoms with Crippen LogP contribution in [0.3, 0.4) is 0 Å². The van der Waals surface area contributed by atoms with Crippen molar-refractivity contribution in [2.75, 3.05) is 13.1 Å². The summed E-state index contributed by atoms with van der Waals surface area (Å²) in [5, 5.41) is 4.00. The van der Waals surface area contributed by atoms with E-state index in [1.165, 1.54) is 0 Å². The van der Waals surface area contributed by atoms with Gasteiger partial charge in [0.15, 0.2) is 11.8 Å². The van der Waals surface area contributed by atoms with Gasteiger partial charge in [-0.15, -0.1) is 0 Å². The summed E-state index contributed by atoms with van der Waals surface area (Å²) in [5.41, 5.74) is 8.52. The highest BCUT2D eigenvalue weighted by atomic mass is 19.1. The Morgan fingerprint density at radius 2 is 1.84 bits per heavy atom. The Morgan fingerprint density at radius 1 is 1.10 bits per heavy atom. The topological polar surface area (TPSA) is 76.9 Å². The van der Waals surface area contributed by atoms with E-state index in [1.54, 1.807) is 12.1 Å². The number of nitrogens with two attached hydrogens (primary N) is 1. The molecule has 4 rings (SSSR count). The van der Waals surface area contributed by atoms with Gasteiger partial charge in [-0.05, 0) is 37.5 Å². The van der Waals surface area contributed by atoms with Crippen LogP contribution in [0.25, 0.3) is 11.1 Å². The fraction of sp³-hybridized carbons (Fsp3) is 0.333. The molecule has 0 saturated carbocycles. The molecule has 2 unspecified atom stereocenters. The Bertz CT molecular complexity index is 1040.